The summed E-state index contributed by atoms with van der Waals surface area (Å²) in [6.07, 6.45) is 1.69. The van der Waals surface area contributed by atoms with Crippen molar-refractivity contribution < 1.29 is 22.7 Å². The molecule has 1 atom stereocenters. The van der Waals surface area contributed by atoms with E-state index in [1.807, 2.05) is 0 Å². The highest BCUT2D eigenvalue weighted by Gasteiger charge is 2.20. The Morgan fingerprint density at radius 2 is 1.92 bits per heavy atom. The maximum atomic E-state index is 12.2. The van der Waals surface area contributed by atoms with Gasteiger partial charge in [-0.3, -0.25) is 9.59 Å². The van der Waals surface area contributed by atoms with E-state index in [-0.39, 0.29) is 35.6 Å². The van der Waals surface area contributed by atoms with Crippen molar-refractivity contribution in [3.05, 3.63) is 29.8 Å². The molecule has 25 heavy (non-hydrogen) atoms. The minimum atomic E-state index is -3.65. The Morgan fingerprint density at radius 3 is 2.52 bits per heavy atom. The summed E-state index contributed by atoms with van der Waals surface area (Å²) in [5.74, 6) is -0.726. The highest BCUT2D eigenvalue weighted by atomic mass is 32.2. The normalized spacial score (nSPS) is 17.2. The van der Waals surface area contributed by atoms with Gasteiger partial charge in [-0.1, -0.05) is 0 Å². The summed E-state index contributed by atoms with van der Waals surface area (Å²) in [5.41, 5.74) is 0.280. The third-order valence-electron chi connectivity index (χ3n) is 3.74. The fourth-order valence-electron chi connectivity index (χ4n) is 2.40. The molecule has 138 valence electrons. The monoisotopic (exact) mass is 369 g/mol. The van der Waals surface area contributed by atoms with E-state index in [0.717, 1.165) is 12.8 Å². The van der Waals surface area contributed by atoms with E-state index in [1.165, 1.54) is 24.3 Å². The van der Waals surface area contributed by atoms with Crippen LogP contribution in [0.25, 0.3) is 0 Å². The third kappa shape index (κ3) is 5.80. The Morgan fingerprint density at radius 1 is 1.20 bits per heavy atom. The van der Waals surface area contributed by atoms with Crippen LogP contribution >= 0.6 is 0 Å². The lowest BCUT2D eigenvalue weighted by Gasteiger charge is -2.11. The van der Waals surface area contributed by atoms with E-state index < -0.39 is 15.9 Å². The minimum absolute atomic E-state index is 0.0748. The molecule has 2 rings (SSSR count). The van der Waals surface area contributed by atoms with Crippen molar-refractivity contribution in [1.82, 2.24) is 15.4 Å². The second-order valence-electron chi connectivity index (χ2n) is 5.65. The highest BCUT2D eigenvalue weighted by Crippen LogP contribution is 2.14. The van der Waals surface area contributed by atoms with Crippen LogP contribution in [0, 0.1) is 0 Å². The molecule has 1 aromatic carbocycles. The molecule has 1 saturated heterocycles. The van der Waals surface area contributed by atoms with Crippen LogP contribution < -0.4 is 15.4 Å². The van der Waals surface area contributed by atoms with Crippen molar-refractivity contribution >= 4 is 21.8 Å². The van der Waals surface area contributed by atoms with Gasteiger partial charge < -0.3 is 15.4 Å². The van der Waals surface area contributed by atoms with Crippen LogP contribution in [-0.2, 0) is 19.6 Å². The van der Waals surface area contributed by atoms with Gasteiger partial charge in [-0.2, -0.15) is 0 Å². The molecular weight excluding hydrogens is 346 g/mol. The smallest absolute Gasteiger partial charge is 0.251 e. The van der Waals surface area contributed by atoms with Crippen molar-refractivity contribution in [2.24, 2.45) is 0 Å². The maximum absolute atomic E-state index is 12.2. The number of ether oxygens (including phenoxy) is 1. The van der Waals surface area contributed by atoms with Gasteiger partial charge in [0.25, 0.3) is 5.91 Å². The molecule has 1 fully saturated rings. The van der Waals surface area contributed by atoms with Crippen molar-refractivity contribution in [3.8, 4) is 0 Å². The summed E-state index contributed by atoms with van der Waals surface area (Å²) in [5, 5.41) is 5.04. The van der Waals surface area contributed by atoms with E-state index in [2.05, 4.69) is 15.4 Å². The molecule has 0 radical (unpaired) electrons. The van der Waals surface area contributed by atoms with Crippen LogP contribution in [0.5, 0.6) is 0 Å². The van der Waals surface area contributed by atoms with Gasteiger partial charge in [0, 0.05) is 25.3 Å². The predicted molar refractivity (Wildman–Crippen MR) is 91.6 cm³/mol. The zero-order valence-corrected chi connectivity index (χ0v) is 14.9. The number of amides is 2. The first kappa shape index (κ1) is 19.4. The number of nitrogens with one attached hydrogen (secondary N) is 3. The summed E-state index contributed by atoms with van der Waals surface area (Å²) in [6.45, 7) is 3.03. The molecule has 1 aliphatic heterocycles. The number of carbonyl (C=O) groups is 2. The van der Waals surface area contributed by atoms with E-state index in [4.69, 9.17) is 4.74 Å². The van der Waals surface area contributed by atoms with Gasteiger partial charge in [-0.15, -0.1) is 0 Å². The van der Waals surface area contributed by atoms with Gasteiger partial charge in [-0.25, -0.2) is 13.1 Å². The van der Waals surface area contributed by atoms with Crippen molar-refractivity contribution in [2.75, 3.05) is 26.2 Å². The summed E-state index contributed by atoms with van der Waals surface area (Å²) < 4.78 is 32.4. The number of likely N-dealkylation sites (N-methyl/N-ethyl adjacent to an activating group) is 1. The van der Waals surface area contributed by atoms with E-state index >= 15 is 0 Å². The first-order chi connectivity index (χ1) is 11.9. The van der Waals surface area contributed by atoms with Crippen LogP contribution in [-0.4, -0.2) is 52.6 Å². The number of hydrogen-bond donors (Lipinski definition) is 3. The molecular formula is C16H23N3O5S. The highest BCUT2D eigenvalue weighted by molar-refractivity contribution is 7.89. The second-order valence-corrected chi connectivity index (χ2v) is 7.41. The van der Waals surface area contributed by atoms with Crippen LogP contribution in [0.4, 0.5) is 0 Å². The van der Waals surface area contributed by atoms with E-state index in [9.17, 15) is 18.0 Å². The maximum Gasteiger partial charge on any atom is 0.251 e. The first-order valence-corrected chi connectivity index (χ1v) is 9.67. The van der Waals surface area contributed by atoms with Gasteiger partial charge in [0.05, 0.1) is 17.5 Å². The zero-order valence-electron chi connectivity index (χ0n) is 14.1. The molecule has 3 N–H and O–H groups in total. The lowest BCUT2D eigenvalue weighted by atomic mass is 10.2. The molecule has 1 heterocycles. The second kappa shape index (κ2) is 8.93. The number of benzene rings is 1. The fraction of sp³-hybridized carbons (Fsp3) is 0.500. The summed E-state index contributed by atoms with van der Waals surface area (Å²) in [7, 11) is -3.65. The van der Waals surface area contributed by atoms with Crippen LogP contribution in [0.2, 0.25) is 0 Å². The Kier molecular flexibility index (Phi) is 6.91. The summed E-state index contributed by atoms with van der Waals surface area (Å²) >= 11 is 0. The lowest BCUT2D eigenvalue weighted by Crippen LogP contribution is -2.36. The molecule has 2 amide bonds. The molecule has 0 saturated carbocycles. The predicted octanol–water partition coefficient (Wildman–Crippen LogP) is 0.00980. The molecule has 0 aliphatic carbocycles. The standard InChI is InChI=1S/C16H23N3O5S/c1-2-17-15(20)11-18-16(21)12-5-7-14(8-6-12)25(22,23)19-10-13-4-3-9-24-13/h5-8,13,19H,2-4,9-11H2,1H3,(H,17,20)(H,18,21)/t13-/m1/s1. The molecule has 8 nitrogen and oxygen atoms in total. The largest absolute Gasteiger partial charge is 0.377 e. The fourth-order valence-corrected chi connectivity index (χ4v) is 3.47. The van der Waals surface area contributed by atoms with Gasteiger partial charge in [0.15, 0.2) is 0 Å². The van der Waals surface area contributed by atoms with Crippen LogP contribution in [0.3, 0.4) is 0 Å². The SMILES string of the molecule is CCNC(=O)CNC(=O)c1ccc(S(=O)(=O)NC[C@H]2CCCO2)cc1. The van der Waals surface area contributed by atoms with Gasteiger partial charge in [0.2, 0.25) is 15.9 Å². The molecule has 0 spiro atoms. The number of hydrogen-bond acceptors (Lipinski definition) is 5. The quantitative estimate of drug-likeness (QED) is 0.597. The van der Waals surface area contributed by atoms with Gasteiger partial charge >= 0.3 is 0 Å². The summed E-state index contributed by atoms with van der Waals surface area (Å²) in [4.78, 5) is 23.3. The first-order valence-electron chi connectivity index (χ1n) is 8.18. The number of carbonyl (C=O) groups excluding carboxylic acids is 2. The molecule has 0 aromatic heterocycles. The van der Waals surface area contributed by atoms with E-state index in [1.54, 1.807) is 6.92 Å². The Hall–Kier alpha value is -1.97. The lowest BCUT2D eigenvalue weighted by molar-refractivity contribution is -0.120. The molecule has 9 heteroatoms. The van der Waals surface area contributed by atoms with Crippen LogP contribution in [0.1, 0.15) is 30.1 Å². The van der Waals surface area contributed by atoms with Gasteiger partial charge in [0.1, 0.15) is 0 Å². The Balaban J connectivity index is 1.91. The van der Waals surface area contributed by atoms with Crippen LogP contribution in [0.15, 0.2) is 29.2 Å². The average Bonchev–Trinajstić information content (AvgIpc) is 3.12. The molecule has 0 unspecified atom stereocenters. The Labute approximate surface area is 147 Å². The summed E-state index contributed by atoms with van der Waals surface area (Å²) in [6, 6.07) is 5.54. The number of sulfonamides is 1. The average molecular weight is 369 g/mol. The molecule has 1 aliphatic rings. The zero-order chi connectivity index (χ0) is 18.3. The Bertz CT molecular complexity index is 697. The van der Waals surface area contributed by atoms with E-state index in [0.29, 0.717) is 13.2 Å². The van der Waals surface area contributed by atoms with Gasteiger partial charge in [-0.05, 0) is 44.0 Å². The molecule has 0 bridgehead atoms. The molecule has 1 aromatic rings. The third-order valence-corrected chi connectivity index (χ3v) is 5.17. The topological polar surface area (TPSA) is 114 Å². The van der Waals surface area contributed by atoms with Crippen molar-refractivity contribution in [1.29, 1.82) is 0 Å². The van der Waals surface area contributed by atoms with Crippen molar-refractivity contribution in [3.63, 3.8) is 0 Å². The number of rotatable bonds is 8. The van der Waals surface area contributed by atoms with Crippen molar-refractivity contribution in [2.45, 2.75) is 30.8 Å². The minimum Gasteiger partial charge on any atom is -0.377 e.